The third kappa shape index (κ3) is 22.5. The average Bonchev–Trinajstić information content (AvgIpc) is 1.53. The molecule has 0 bridgehead atoms. The van der Waals surface area contributed by atoms with Crippen LogP contribution in [0, 0.1) is 72.5 Å². The van der Waals surface area contributed by atoms with Crippen molar-refractivity contribution in [3.8, 4) is 84.1 Å². The summed E-state index contributed by atoms with van der Waals surface area (Å²) in [7, 11) is -1.17. The Balaban J connectivity index is 0.000000121. The zero-order valence-corrected chi connectivity index (χ0v) is 77.4. The second kappa shape index (κ2) is 42.0. The van der Waals surface area contributed by atoms with Gasteiger partial charge in [0.2, 0.25) is 0 Å². The molecule has 17 aromatic carbocycles. The number of fused-ring (bicyclic) bond motifs is 8. The summed E-state index contributed by atoms with van der Waals surface area (Å²) in [5, 5.41) is 15.3. The molecule has 21 rings (SSSR count). The van der Waals surface area contributed by atoms with E-state index in [0.29, 0.717) is 0 Å². The Hall–Kier alpha value is -14.8. The lowest BCUT2D eigenvalue weighted by molar-refractivity contribution is 0.627. The van der Waals surface area contributed by atoms with E-state index in [0.717, 1.165) is 33.3 Å². The van der Waals surface area contributed by atoms with Crippen molar-refractivity contribution in [2.45, 2.75) is 99.7 Å². The second-order valence-electron chi connectivity index (χ2n) is 35.2. The predicted molar refractivity (Wildman–Crippen MR) is 550 cm³/mol. The molecule has 129 heavy (non-hydrogen) atoms. The minimum atomic E-state index is -1.17. The summed E-state index contributed by atoms with van der Waals surface area (Å²) in [6, 6.07) is 150. The number of aromatic nitrogens is 2. The Morgan fingerprint density at radius 1 is 0.271 bits per heavy atom. The minimum absolute atomic E-state index is 0.151. The average molecular weight is 1690 g/mol. The Labute approximate surface area is 765 Å². The molecule has 2 heterocycles. The molecule has 634 valence electrons. The Morgan fingerprint density at radius 3 is 1.19 bits per heavy atom. The van der Waals surface area contributed by atoms with Crippen LogP contribution in [-0.4, -0.2) is 18.0 Å². The number of benzene rings is 17. The van der Waals surface area contributed by atoms with Crippen molar-refractivity contribution in [3.05, 3.63) is 533 Å². The van der Waals surface area contributed by atoms with E-state index in [1.54, 1.807) is 17.4 Å². The van der Waals surface area contributed by atoms with E-state index in [1.807, 2.05) is 98.2 Å². The van der Waals surface area contributed by atoms with Gasteiger partial charge >= 0.3 is 0 Å². The molecule has 0 unspecified atom stereocenters. The van der Waals surface area contributed by atoms with Gasteiger partial charge in [-0.2, -0.15) is 5.26 Å². The van der Waals surface area contributed by atoms with Crippen molar-refractivity contribution >= 4 is 34.8 Å². The summed E-state index contributed by atoms with van der Waals surface area (Å²) in [6.07, 6.45) is 5.49. The van der Waals surface area contributed by atoms with Crippen molar-refractivity contribution < 1.29 is 4.39 Å². The van der Waals surface area contributed by atoms with E-state index in [1.165, 1.54) is 156 Å². The first-order valence-corrected chi connectivity index (χ1v) is 47.9. The number of hydrogen-bond acceptors (Lipinski definition) is 3. The molecule has 0 saturated carbocycles. The molecule has 0 aliphatic heterocycles. The van der Waals surface area contributed by atoms with Gasteiger partial charge < -0.3 is 0 Å². The molecule has 0 N–H and O–H groups in total. The summed E-state index contributed by atoms with van der Waals surface area (Å²) < 4.78 is 13.1. The zero-order chi connectivity index (χ0) is 90.4. The highest BCUT2D eigenvalue weighted by atomic mass is 28.3. The maximum Gasteiger partial charge on any atom is 0.124 e. The second-order valence-corrected chi connectivity index (χ2v) is 40.3. The van der Waals surface area contributed by atoms with E-state index in [2.05, 4.69) is 432 Å². The fourth-order valence-electron chi connectivity index (χ4n) is 17.3. The maximum atomic E-state index is 13.1. The van der Waals surface area contributed by atoms with Gasteiger partial charge in [0.25, 0.3) is 0 Å². The van der Waals surface area contributed by atoms with Crippen molar-refractivity contribution in [2.75, 3.05) is 0 Å². The molecule has 0 saturated heterocycles. The fourth-order valence-corrected chi connectivity index (χ4v) is 18.4. The van der Waals surface area contributed by atoms with Crippen LogP contribution in [0.25, 0.3) is 99.6 Å². The molecule has 0 amide bonds. The molecule has 0 fully saturated rings. The highest BCUT2D eigenvalue weighted by Gasteiger charge is 2.46. The standard InChI is InChI=1S/C26H20.C19H16.C16H16.C14H18Si.C13H11F.C12H9N.2C12H11N/c1-19-16-17-23-22-14-8-9-15-24(22)26(25(23)18-19,20-10-4-2-5-11-20)21-12-6-3-7-13-21;1-15-12-18(16-8-4-2-5-9-16)14-19(13-15)17-10-6-3-7-11-17;1-11-8-9-13-12-6-4-5-7-14(12)16(2,3)15(13)10-11;1-11-5-6-12-7-8-14(15(2,3)4)10-13(12)9-11;1-10-7-12(9-13(14)8-10)11-5-3-2-4-6-11;1-9-2-4-11-5-3-10(8-13)7-12(11)6-9;1-10-4-2-5-11(8-10)12-6-3-7-13-9-12;1-10-5-4-6-11(9-10)12-7-2-3-8-13-12/h2-18H,1H3;2-14H,1H3;4-10H,1-3H3;5-10H,1-4H3;2-9H,1H3;2-7H,1H3;2*2-9H,1H3. The van der Waals surface area contributed by atoms with Crippen molar-refractivity contribution in [3.63, 3.8) is 0 Å². The van der Waals surface area contributed by atoms with E-state index in [-0.39, 0.29) is 16.6 Å². The number of nitrogens with zero attached hydrogens (tertiary/aromatic N) is 3. The first kappa shape index (κ1) is 90.4. The normalized spacial score (nSPS) is 11.8. The zero-order valence-electron chi connectivity index (χ0n) is 76.4. The number of nitriles is 1. The monoisotopic (exact) mass is 1690 g/mol. The number of halogens is 1. The smallest absolute Gasteiger partial charge is 0.124 e. The molecule has 19 aromatic rings. The van der Waals surface area contributed by atoms with Gasteiger partial charge in [0.1, 0.15) is 5.82 Å². The predicted octanol–water partition coefficient (Wildman–Crippen LogP) is 32.6. The Morgan fingerprint density at radius 2 is 0.674 bits per heavy atom. The van der Waals surface area contributed by atoms with Gasteiger partial charge in [0.15, 0.2) is 0 Å². The number of pyridine rings is 2. The summed E-state index contributed by atoms with van der Waals surface area (Å²) in [4.78, 5) is 8.38. The van der Waals surface area contributed by atoms with Gasteiger partial charge in [0.05, 0.1) is 30.8 Å². The van der Waals surface area contributed by atoms with Crippen LogP contribution in [0.5, 0.6) is 0 Å². The molecule has 3 nitrogen and oxygen atoms in total. The van der Waals surface area contributed by atoms with Crippen LogP contribution in [0.1, 0.15) is 97.3 Å². The third-order valence-electron chi connectivity index (χ3n) is 23.8. The van der Waals surface area contributed by atoms with Crippen LogP contribution < -0.4 is 5.19 Å². The van der Waals surface area contributed by atoms with Crippen molar-refractivity contribution in [2.24, 2.45) is 0 Å². The summed E-state index contributed by atoms with van der Waals surface area (Å²) >= 11 is 0. The molecule has 0 atom stereocenters. The van der Waals surface area contributed by atoms with Gasteiger partial charge in [0, 0.05) is 29.6 Å². The first-order chi connectivity index (χ1) is 62.5. The van der Waals surface area contributed by atoms with Crippen LogP contribution in [0.15, 0.2) is 443 Å². The number of rotatable bonds is 8. The van der Waals surface area contributed by atoms with E-state index in [4.69, 9.17) is 5.26 Å². The van der Waals surface area contributed by atoms with Gasteiger partial charge in [-0.1, -0.05) is 442 Å². The SMILES string of the molecule is Cc1cc(-c2ccccc2)cc(-c2ccccc2)c1.Cc1cc(F)cc(-c2ccccc2)c1.Cc1ccc2c(c1)C(C)(C)c1ccccc1-2.Cc1ccc2c(c1)C(c1ccccc1)(c1ccccc1)c1ccccc1-2.Cc1ccc2ccc(C#N)cc2c1.Cc1ccc2ccc([Si](C)(C)C)cc2c1.Cc1cccc(-c2ccccn2)c1.Cc1cccc(-c2cccnc2)c1. The summed E-state index contributed by atoms with van der Waals surface area (Å²) in [6.45, 7) is 28.6. The lowest BCUT2D eigenvalue weighted by Gasteiger charge is -2.34. The number of hydrogen-bond donors (Lipinski definition) is 0. The molecular weight excluding hydrogens is 1580 g/mol. The van der Waals surface area contributed by atoms with E-state index in [9.17, 15) is 4.39 Å². The molecule has 2 aliphatic rings. The van der Waals surface area contributed by atoms with E-state index < -0.39 is 8.07 Å². The highest BCUT2D eigenvalue weighted by Crippen LogP contribution is 2.56. The van der Waals surface area contributed by atoms with Crippen molar-refractivity contribution in [1.29, 1.82) is 5.26 Å². The van der Waals surface area contributed by atoms with Crippen molar-refractivity contribution in [1.82, 2.24) is 9.97 Å². The maximum absolute atomic E-state index is 13.1. The molecular formula is C124H112FN3Si. The molecule has 0 spiro atoms. The molecule has 2 aromatic heterocycles. The van der Waals surface area contributed by atoms with Crippen LogP contribution in [-0.2, 0) is 10.8 Å². The van der Waals surface area contributed by atoms with E-state index >= 15 is 0 Å². The van der Waals surface area contributed by atoms with Gasteiger partial charge in [-0.05, 0) is 243 Å². The Bertz CT molecular complexity index is 6820. The fraction of sp³-hybridized carbons (Fsp3) is 0.121. The quantitative estimate of drug-likeness (QED) is 0.142. The lowest BCUT2D eigenvalue weighted by Crippen LogP contribution is -2.37. The van der Waals surface area contributed by atoms with Crippen LogP contribution in [0.4, 0.5) is 4.39 Å². The molecule has 2 aliphatic carbocycles. The van der Waals surface area contributed by atoms with Gasteiger partial charge in [-0.3, -0.25) is 9.97 Å². The lowest BCUT2D eigenvalue weighted by atomic mass is 9.67. The molecule has 0 radical (unpaired) electrons. The highest BCUT2D eigenvalue weighted by molar-refractivity contribution is 6.88. The molecule has 5 heteroatoms. The first-order valence-electron chi connectivity index (χ1n) is 44.4. The minimum Gasteiger partial charge on any atom is -0.264 e. The topological polar surface area (TPSA) is 49.6 Å². The Kier molecular flexibility index (Phi) is 29.4. The summed E-state index contributed by atoms with van der Waals surface area (Å²) in [5.41, 5.74) is 36.1. The van der Waals surface area contributed by atoms with Gasteiger partial charge in [-0.15, -0.1) is 0 Å². The van der Waals surface area contributed by atoms with Crippen LogP contribution in [0.2, 0.25) is 19.6 Å². The third-order valence-corrected chi connectivity index (χ3v) is 25.8. The number of aryl methyl sites for hydroxylation is 8. The van der Waals surface area contributed by atoms with Gasteiger partial charge in [-0.25, -0.2) is 4.39 Å². The van der Waals surface area contributed by atoms with Crippen LogP contribution in [0.3, 0.4) is 0 Å². The largest absolute Gasteiger partial charge is 0.264 e. The van der Waals surface area contributed by atoms with Crippen LogP contribution >= 0.6 is 0 Å². The summed E-state index contributed by atoms with van der Waals surface area (Å²) in [5.74, 6) is -0.177.